The predicted octanol–water partition coefficient (Wildman–Crippen LogP) is 2.90. The fourth-order valence-corrected chi connectivity index (χ4v) is 4.41. The lowest BCUT2D eigenvalue weighted by Crippen LogP contribution is -2.57. The van der Waals surface area contributed by atoms with Gasteiger partial charge in [-0.3, -0.25) is 4.79 Å². The number of carbonyl (C=O) groups is 1. The predicted molar refractivity (Wildman–Crippen MR) is 115 cm³/mol. The molecule has 1 aromatic heterocycles. The molecule has 5 N–H and O–H groups in total. The van der Waals surface area contributed by atoms with Gasteiger partial charge in [0.05, 0.1) is 11.1 Å². The van der Waals surface area contributed by atoms with Crippen molar-refractivity contribution >= 4 is 29.8 Å². The summed E-state index contributed by atoms with van der Waals surface area (Å²) in [5, 5.41) is 27.7. The van der Waals surface area contributed by atoms with Crippen LogP contribution < -0.4 is 10.6 Å². The summed E-state index contributed by atoms with van der Waals surface area (Å²) in [7, 11) is -1.44. The molecule has 2 heterocycles. The van der Waals surface area contributed by atoms with Crippen molar-refractivity contribution in [2.24, 2.45) is 11.7 Å². The van der Waals surface area contributed by atoms with E-state index >= 15 is 0 Å². The number of fused-ring (bicyclic) bond motifs is 1. The lowest BCUT2D eigenvalue weighted by atomic mass is 9.74. The Balaban J connectivity index is 1.74. The van der Waals surface area contributed by atoms with Crippen LogP contribution in [0.2, 0.25) is 6.32 Å². The summed E-state index contributed by atoms with van der Waals surface area (Å²) in [6.07, 6.45) is -2.52. The molecule has 0 radical (unpaired) electrons. The molecule has 174 valence electrons. The molecular weight excluding hydrogens is 426 g/mol. The molecule has 0 spiro atoms. The van der Waals surface area contributed by atoms with Crippen molar-refractivity contribution in [2.75, 3.05) is 18.0 Å². The highest BCUT2D eigenvalue weighted by atomic mass is 19.4. The minimum Gasteiger partial charge on any atom is -0.480 e. The van der Waals surface area contributed by atoms with E-state index in [4.69, 9.17) is 15.8 Å². The number of alkyl halides is 3. The third kappa shape index (κ3) is 5.33. The first-order valence-corrected chi connectivity index (χ1v) is 10.6. The Labute approximate surface area is 184 Å². The van der Waals surface area contributed by atoms with Crippen LogP contribution in [-0.4, -0.2) is 51.9 Å². The number of pyridine rings is 1. The Hall–Kier alpha value is -2.37. The maximum absolute atomic E-state index is 13.6. The maximum Gasteiger partial charge on any atom is 0.451 e. The molecule has 3 rings (SSSR count). The fraction of sp³-hybridized carbons (Fsp3) is 0.524. The highest BCUT2D eigenvalue weighted by Crippen LogP contribution is 2.38. The Kier molecular flexibility index (Phi) is 7.31. The largest absolute Gasteiger partial charge is 0.480 e. The zero-order valence-electron chi connectivity index (χ0n) is 17.6. The second-order valence-electron chi connectivity index (χ2n) is 8.38. The second kappa shape index (κ2) is 9.64. The Bertz CT molecular complexity index is 952. The van der Waals surface area contributed by atoms with Crippen LogP contribution in [0, 0.1) is 5.92 Å². The highest BCUT2D eigenvalue weighted by molar-refractivity contribution is 6.40. The average Bonchev–Trinajstić information content (AvgIpc) is 2.75. The molecular formula is C21H27BF3N3O4. The first kappa shape index (κ1) is 24.3. The van der Waals surface area contributed by atoms with Crippen LogP contribution in [0.1, 0.15) is 37.7 Å². The van der Waals surface area contributed by atoms with Gasteiger partial charge in [-0.05, 0) is 43.6 Å². The molecule has 0 amide bonds. The molecule has 1 fully saturated rings. The van der Waals surface area contributed by atoms with Crippen LogP contribution in [0.25, 0.3) is 10.9 Å². The Morgan fingerprint density at radius 2 is 1.84 bits per heavy atom. The number of hydrogen-bond donors (Lipinski definition) is 4. The number of benzene rings is 1. The molecule has 1 aromatic carbocycles. The van der Waals surface area contributed by atoms with Gasteiger partial charge in [0.15, 0.2) is 0 Å². The van der Waals surface area contributed by atoms with Crippen molar-refractivity contribution in [1.29, 1.82) is 0 Å². The van der Waals surface area contributed by atoms with E-state index in [2.05, 4.69) is 4.98 Å². The monoisotopic (exact) mass is 453 g/mol. The van der Waals surface area contributed by atoms with Crippen LogP contribution in [0.5, 0.6) is 0 Å². The number of nitrogens with zero attached hydrogens (tertiary/aromatic N) is 2. The van der Waals surface area contributed by atoms with Gasteiger partial charge in [-0.15, -0.1) is 0 Å². The van der Waals surface area contributed by atoms with E-state index in [1.54, 1.807) is 23.1 Å². The zero-order valence-corrected chi connectivity index (χ0v) is 17.6. The molecule has 1 aliphatic rings. The molecule has 0 aliphatic carbocycles. The number of rotatable bonds is 8. The van der Waals surface area contributed by atoms with Gasteiger partial charge in [0, 0.05) is 18.5 Å². The van der Waals surface area contributed by atoms with E-state index in [1.807, 2.05) is 0 Å². The third-order valence-corrected chi connectivity index (χ3v) is 6.26. The van der Waals surface area contributed by atoms with Crippen molar-refractivity contribution in [3.05, 3.63) is 35.9 Å². The van der Waals surface area contributed by atoms with E-state index in [9.17, 15) is 23.1 Å². The number of carboxylic acid groups (broad SMARTS) is 1. The minimum absolute atomic E-state index is 0.0403. The van der Waals surface area contributed by atoms with E-state index in [0.717, 1.165) is 6.07 Å². The van der Waals surface area contributed by atoms with Crippen LogP contribution >= 0.6 is 0 Å². The number of nitrogens with two attached hydrogens (primary N) is 1. The lowest BCUT2D eigenvalue weighted by molar-refractivity contribution is -0.146. The van der Waals surface area contributed by atoms with Crippen molar-refractivity contribution in [2.45, 2.75) is 50.1 Å². The summed E-state index contributed by atoms with van der Waals surface area (Å²) in [4.78, 5) is 18.1. The number of piperidine rings is 1. The second-order valence-corrected chi connectivity index (χ2v) is 8.38. The fourth-order valence-electron chi connectivity index (χ4n) is 4.41. The molecule has 0 saturated carbocycles. The molecule has 1 saturated heterocycles. The number of carboxylic acids is 1. The smallest absolute Gasteiger partial charge is 0.451 e. The number of unbranched alkanes of at least 4 members (excludes halogenated alkanes) is 1. The van der Waals surface area contributed by atoms with Crippen molar-refractivity contribution in [3.8, 4) is 0 Å². The number of anilines is 1. The van der Waals surface area contributed by atoms with Crippen LogP contribution in [-0.2, 0) is 11.0 Å². The summed E-state index contributed by atoms with van der Waals surface area (Å²) >= 11 is 0. The maximum atomic E-state index is 13.6. The third-order valence-electron chi connectivity index (χ3n) is 6.26. The van der Waals surface area contributed by atoms with Gasteiger partial charge in [-0.1, -0.05) is 31.0 Å². The standard InChI is InChI=1S/C21H27BF3N3O4/c23-21(24,25)16-13-18(27-17-6-2-1-5-15(16)17)28-11-7-14(8-12-28)20(26,19(29)30)9-3-4-10-22(31)32/h1-2,5-6,13-14,31-32H,3-4,7-12,26H2,(H,29,30). The topological polar surface area (TPSA) is 120 Å². The van der Waals surface area contributed by atoms with E-state index in [-0.39, 0.29) is 35.4 Å². The van der Waals surface area contributed by atoms with Crippen molar-refractivity contribution < 1.29 is 33.1 Å². The number of aliphatic carboxylic acids is 1. The first-order chi connectivity index (χ1) is 15.0. The van der Waals surface area contributed by atoms with Crippen LogP contribution in [0.15, 0.2) is 30.3 Å². The van der Waals surface area contributed by atoms with Gasteiger partial charge in [-0.2, -0.15) is 13.2 Å². The minimum atomic E-state index is -4.52. The lowest BCUT2D eigenvalue weighted by Gasteiger charge is -2.40. The SMILES string of the molecule is NC(CCCCB(O)O)(C(=O)O)C1CCN(c2cc(C(F)(F)F)c3ccccc3n2)CC1. The Morgan fingerprint density at radius 1 is 1.19 bits per heavy atom. The van der Waals surface area contributed by atoms with E-state index in [0.29, 0.717) is 38.8 Å². The molecule has 1 atom stereocenters. The normalized spacial score (nSPS) is 17.4. The summed E-state index contributed by atoms with van der Waals surface area (Å²) in [5.41, 5.74) is 4.30. The number of para-hydroxylation sites is 1. The number of hydrogen-bond acceptors (Lipinski definition) is 6. The van der Waals surface area contributed by atoms with Gasteiger partial charge in [0.1, 0.15) is 11.4 Å². The van der Waals surface area contributed by atoms with E-state index < -0.39 is 30.4 Å². The van der Waals surface area contributed by atoms with Gasteiger partial charge in [0.25, 0.3) is 0 Å². The summed E-state index contributed by atoms with van der Waals surface area (Å²) in [5.74, 6) is -1.26. The molecule has 11 heteroatoms. The average molecular weight is 453 g/mol. The van der Waals surface area contributed by atoms with Crippen LogP contribution in [0.4, 0.5) is 19.0 Å². The van der Waals surface area contributed by atoms with Crippen molar-refractivity contribution in [1.82, 2.24) is 4.98 Å². The Morgan fingerprint density at radius 3 is 2.44 bits per heavy atom. The van der Waals surface area contributed by atoms with Crippen LogP contribution in [0.3, 0.4) is 0 Å². The zero-order chi connectivity index (χ0) is 23.5. The van der Waals surface area contributed by atoms with Crippen molar-refractivity contribution in [3.63, 3.8) is 0 Å². The van der Waals surface area contributed by atoms with Gasteiger partial charge in [0.2, 0.25) is 0 Å². The van der Waals surface area contributed by atoms with Gasteiger partial charge in [-0.25, -0.2) is 4.98 Å². The molecule has 0 bridgehead atoms. The van der Waals surface area contributed by atoms with Gasteiger partial charge < -0.3 is 25.8 Å². The summed E-state index contributed by atoms with van der Waals surface area (Å²) < 4.78 is 40.8. The molecule has 1 aliphatic heterocycles. The first-order valence-electron chi connectivity index (χ1n) is 10.6. The van der Waals surface area contributed by atoms with Gasteiger partial charge >= 0.3 is 19.3 Å². The number of halogens is 3. The molecule has 2 aromatic rings. The molecule has 7 nitrogen and oxygen atoms in total. The summed E-state index contributed by atoms with van der Waals surface area (Å²) in [6.45, 7) is 0.684. The summed E-state index contributed by atoms with van der Waals surface area (Å²) in [6, 6.07) is 7.16. The van der Waals surface area contributed by atoms with E-state index in [1.165, 1.54) is 6.07 Å². The molecule has 1 unspecified atom stereocenters. The quantitative estimate of drug-likeness (QED) is 0.359. The number of aromatic nitrogens is 1. The highest BCUT2D eigenvalue weighted by Gasteiger charge is 2.43. The molecule has 32 heavy (non-hydrogen) atoms.